The van der Waals surface area contributed by atoms with Gasteiger partial charge < -0.3 is 19.3 Å². The molecule has 1 aliphatic heterocycles. The Kier molecular flexibility index (Phi) is 5.03. The van der Waals surface area contributed by atoms with E-state index < -0.39 is 0 Å². The summed E-state index contributed by atoms with van der Waals surface area (Å²) in [4.78, 5) is 14.7. The highest BCUT2D eigenvalue weighted by Gasteiger charge is 2.30. The van der Waals surface area contributed by atoms with E-state index in [0.29, 0.717) is 11.6 Å². The summed E-state index contributed by atoms with van der Waals surface area (Å²) in [6, 6.07) is 7.75. The van der Waals surface area contributed by atoms with Crippen molar-refractivity contribution < 1.29 is 18.8 Å². The Labute approximate surface area is 158 Å². The van der Waals surface area contributed by atoms with Crippen LogP contribution in [0.25, 0.3) is 0 Å². The number of nitrogens with zero attached hydrogens (tertiary/aromatic N) is 2. The first kappa shape index (κ1) is 17.9. The Morgan fingerprint density at radius 3 is 2.85 bits per heavy atom. The van der Waals surface area contributed by atoms with Gasteiger partial charge in [0.2, 0.25) is 0 Å². The summed E-state index contributed by atoms with van der Waals surface area (Å²) in [6.07, 6.45) is 3.17. The van der Waals surface area contributed by atoms with Crippen LogP contribution < -0.4 is 14.8 Å². The van der Waals surface area contributed by atoms with E-state index in [1.54, 1.807) is 20.3 Å². The number of hydrogen-bond donors (Lipinski definition) is 1. The minimum Gasteiger partial charge on any atom is -0.497 e. The largest absolute Gasteiger partial charge is 0.497 e. The highest BCUT2D eigenvalue weighted by atomic mass is 16.5. The van der Waals surface area contributed by atoms with E-state index in [1.165, 1.54) is 0 Å². The molecule has 4 rings (SSSR count). The molecule has 1 aromatic carbocycles. The first-order valence-corrected chi connectivity index (χ1v) is 9.37. The van der Waals surface area contributed by atoms with Gasteiger partial charge in [0, 0.05) is 49.3 Å². The lowest BCUT2D eigenvalue weighted by Crippen LogP contribution is -2.37. The minimum atomic E-state index is -0.153. The maximum absolute atomic E-state index is 12.4. The number of nitrogens with one attached hydrogen (secondary N) is 1. The molecule has 1 saturated heterocycles. The van der Waals surface area contributed by atoms with E-state index >= 15 is 0 Å². The molecule has 1 aromatic heterocycles. The van der Waals surface area contributed by atoms with Gasteiger partial charge in [0.25, 0.3) is 5.91 Å². The Bertz CT molecular complexity index is 815. The fourth-order valence-electron chi connectivity index (χ4n) is 3.53. The molecule has 0 bridgehead atoms. The predicted octanol–water partition coefficient (Wildman–Crippen LogP) is 2.57. The molecule has 1 saturated carbocycles. The molecule has 0 spiro atoms. The summed E-state index contributed by atoms with van der Waals surface area (Å²) < 4.78 is 16.0. The van der Waals surface area contributed by atoms with Crippen LogP contribution in [0.5, 0.6) is 11.5 Å². The highest BCUT2D eigenvalue weighted by Crippen LogP contribution is 2.40. The van der Waals surface area contributed by atoms with Crippen molar-refractivity contribution in [3.05, 3.63) is 41.3 Å². The molecule has 2 aromatic rings. The van der Waals surface area contributed by atoms with Crippen LogP contribution in [0.15, 0.2) is 28.8 Å². The first-order chi connectivity index (χ1) is 13.2. The number of hydrogen-bond acceptors (Lipinski definition) is 6. The maximum Gasteiger partial charge on any atom is 0.273 e. The van der Waals surface area contributed by atoms with E-state index in [9.17, 15) is 4.79 Å². The summed E-state index contributed by atoms with van der Waals surface area (Å²) in [5.74, 6) is 2.73. The lowest BCUT2D eigenvalue weighted by Gasteiger charge is -2.18. The smallest absolute Gasteiger partial charge is 0.273 e. The number of amides is 1. The molecule has 1 N–H and O–H groups in total. The highest BCUT2D eigenvalue weighted by molar-refractivity contribution is 5.92. The summed E-state index contributed by atoms with van der Waals surface area (Å²) in [5, 5.41) is 6.99. The second-order valence-corrected chi connectivity index (χ2v) is 7.26. The zero-order valence-electron chi connectivity index (χ0n) is 15.7. The summed E-state index contributed by atoms with van der Waals surface area (Å²) in [6.45, 7) is 2.50. The normalized spacial score (nSPS) is 19.9. The van der Waals surface area contributed by atoms with Gasteiger partial charge in [-0.25, -0.2) is 0 Å². The number of likely N-dealkylation sites (tertiary alicyclic amines) is 1. The van der Waals surface area contributed by atoms with Gasteiger partial charge in [-0.1, -0.05) is 11.2 Å². The summed E-state index contributed by atoms with van der Waals surface area (Å²) >= 11 is 0. The SMILES string of the molecule is COc1ccc(CN2CCC(NC(=O)c3cc(C4CC4)on3)C2)c(OC)c1. The van der Waals surface area contributed by atoms with Crippen LogP contribution in [0.2, 0.25) is 0 Å². The molecule has 1 aliphatic carbocycles. The lowest BCUT2D eigenvalue weighted by atomic mass is 10.2. The molecule has 2 fully saturated rings. The average Bonchev–Trinajstić information content (AvgIpc) is 3.24. The van der Waals surface area contributed by atoms with E-state index in [4.69, 9.17) is 14.0 Å². The van der Waals surface area contributed by atoms with E-state index in [1.807, 2.05) is 18.2 Å². The Morgan fingerprint density at radius 1 is 1.26 bits per heavy atom. The average molecular weight is 371 g/mol. The topological polar surface area (TPSA) is 76.8 Å². The number of benzene rings is 1. The van der Waals surface area contributed by atoms with Crippen LogP contribution in [0.1, 0.15) is 47.0 Å². The fraction of sp³-hybridized carbons (Fsp3) is 0.500. The van der Waals surface area contributed by atoms with E-state index in [-0.39, 0.29) is 11.9 Å². The standard InChI is InChI=1S/C20H25N3O4/c1-25-16-6-5-14(18(9-16)26-2)11-23-8-7-15(12-23)21-20(24)17-10-19(27-22-17)13-3-4-13/h5-6,9-10,13,15H,3-4,7-8,11-12H2,1-2H3,(H,21,24). The molecule has 1 unspecified atom stereocenters. The van der Waals surface area contributed by atoms with Gasteiger partial charge in [-0.3, -0.25) is 9.69 Å². The van der Waals surface area contributed by atoms with E-state index in [2.05, 4.69) is 15.4 Å². The Balaban J connectivity index is 1.32. The van der Waals surface area contributed by atoms with Gasteiger partial charge >= 0.3 is 0 Å². The van der Waals surface area contributed by atoms with Crippen molar-refractivity contribution in [2.45, 2.75) is 37.8 Å². The molecule has 7 heteroatoms. The van der Waals surface area contributed by atoms with Crippen LogP contribution >= 0.6 is 0 Å². The number of methoxy groups -OCH3 is 2. The van der Waals surface area contributed by atoms with Crippen LogP contribution in [0.4, 0.5) is 0 Å². The Hall–Kier alpha value is -2.54. The lowest BCUT2D eigenvalue weighted by molar-refractivity contribution is 0.0928. The van der Waals surface area contributed by atoms with Crippen molar-refractivity contribution in [2.75, 3.05) is 27.3 Å². The minimum absolute atomic E-state index is 0.114. The van der Waals surface area contributed by atoms with Crippen molar-refractivity contribution >= 4 is 5.91 Å². The number of rotatable bonds is 7. The second-order valence-electron chi connectivity index (χ2n) is 7.26. The number of carbonyl (C=O) groups is 1. The molecule has 1 atom stereocenters. The quantitative estimate of drug-likeness (QED) is 0.806. The van der Waals surface area contributed by atoms with E-state index in [0.717, 1.165) is 61.7 Å². The second kappa shape index (κ2) is 7.60. The number of carbonyl (C=O) groups excluding carboxylic acids is 1. The molecule has 144 valence electrons. The monoisotopic (exact) mass is 371 g/mol. The molecule has 1 amide bonds. The Morgan fingerprint density at radius 2 is 2.11 bits per heavy atom. The van der Waals surface area contributed by atoms with Crippen LogP contribution in [-0.2, 0) is 6.54 Å². The van der Waals surface area contributed by atoms with Crippen molar-refractivity contribution in [1.29, 1.82) is 0 Å². The molecule has 27 heavy (non-hydrogen) atoms. The van der Waals surface area contributed by atoms with Crippen molar-refractivity contribution in [2.24, 2.45) is 0 Å². The number of aromatic nitrogens is 1. The predicted molar refractivity (Wildman–Crippen MR) is 99.2 cm³/mol. The number of ether oxygens (including phenoxy) is 2. The summed E-state index contributed by atoms with van der Waals surface area (Å²) in [5.41, 5.74) is 1.49. The fourth-order valence-corrected chi connectivity index (χ4v) is 3.53. The molecule has 7 nitrogen and oxygen atoms in total. The zero-order valence-corrected chi connectivity index (χ0v) is 15.7. The van der Waals surface area contributed by atoms with Gasteiger partial charge in [-0.15, -0.1) is 0 Å². The van der Waals surface area contributed by atoms with Crippen LogP contribution in [-0.4, -0.2) is 49.3 Å². The third-order valence-electron chi connectivity index (χ3n) is 5.24. The van der Waals surface area contributed by atoms with Gasteiger partial charge in [0.05, 0.1) is 14.2 Å². The van der Waals surface area contributed by atoms with Gasteiger partial charge in [-0.2, -0.15) is 0 Å². The van der Waals surface area contributed by atoms with Crippen molar-refractivity contribution in [1.82, 2.24) is 15.4 Å². The summed E-state index contributed by atoms with van der Waals surface area (Å²) in [7, 11) is 3.31. The molecule has 0 radical (unpaired) electrons. The third-order valence-corrected chi connectivity index (χ3v) is 5.24. The first-order valence-electron chi connectivity index (χ1n) is 9.37. The van der Waals surface area contributed by atoms with Gasteiger partial charge in [0.15, 0.2) is 5.69 Å². The molecule has 2 heterocycles. The van der Waals surface area contributed by atoms with Gasteiger partial charge in [-0.05, 0) is 25.3 Å². The van der Waals surface area contributed by atoms with Gasteiger partial charge in [0.1, 0.15) is 17.3 Å². The van der Waals surface area contributed by atoms with Crippen LogP contribution in [0.3, 0.4) is 0 Å². The molecular formula is C20H25N3O4. The molecule has 2 aliphatic rings. The maximum atomic E-state index is 12.4. The third kappa shape index (κ3) is 4.08. The molecular weight excluding hydrogens is 346 g/mol. The van der Waals surface area contributed by atoms with Crippen molar-refractivity contribution in [3.8, 4) is 11.5 Å². The van der Waals surface area contributed by atoms with Crippen molar-refractivity contribution in [3.63, 3.8) is 0 Å². The van der Waals surface area contributed by atoms with Crippen LogP contribution in [0, 0.1) is 0 Å². The zero-order chi connectivity index (χ0) is 18.8.